The van der Waals surface area contributed by atoms with Gasteiger partial charge in [0.1, 0.15) is 0 Å². The number of halogens is 2. The summed E-state index contributed by atoms with van der Waals surface area (Å²) >= 11 is 6.11. The van der Waals surface area contributed by atoms with Crippen molar-refractivity contribution in [1.82, 2.24) is 15.5 Å². The van der Waals surface area contributed by atoms with E-state index in [0.717, 1.165) is 23.3 Å². The highest BCUT2D eigenvalue weighted by molar-refractivity contribution is 14.0. The van der Waals surface area contributed by atoms with Gasteiger partial charge in [0.05, 0.1) is 0 Å². The van der Waals surface area contributed by atoms with Crippen LogP contribution in [-0.4, -0.2) is 49.6 Å². The molecule has 0 aromatic heterocycles. The topological polar surface area (TPSA) is 39.7 Å². The van der Waals surface area contributed by atoms with Crippen LogP contribution < -0.4 is 10.6 Å². The summed E-state index contributed by atoms with van der Waals surface area (Å²) in [6.07, 6.45) is 3.53. The van der Waals surface area contributed by atoms with Crippen LogP contribution in [0.5, 0.6) is 0 Å². The molecule has 1 heterocycles. The Morgan fingerprint density at radius 2 is 2.00 bits per heavy atom. The standard InChI is InChI=1S/C20H31ClN4.HI/c1-14(2)13-25-9-7-17(8-10-25)23-20(22-3)24-19-12-18(19)15-5-4-6-16(21)11-15;/h4-6,11,14,17-19H,7-10,12-13H2,1-3H3,(H2,22,23,24);1H. The van der Waals surface area contributed by atoms with E-state index in [1.807, 2.05) is 19.2 Å². The Morgan fingerprint density at radius 3 is 2.62 bits per heavy atom. The molecule has 1 saturated heterocycles. The van der Waals surface area contributed by atoms with Crippen LogP contribution in [0.2, 0.25) is 5.02 Å². The highest BCUT2D eigenvalue weighted by atomic mass is 127. The highest BCUT2D eigenvalue weighted by Gasteiger charge is 2.39. The van der Waals surface area contributed by atoms with Crippen LogP contribution in [-0.2, 0) is 0 Å². The number of hydrogen-bond acceptors (Lipinski definition) is 2. The van der Waals surface area contributed by atoms with Gasteiger partial charge in [0, 0.05) is 49.7 Å². The minimum atomic E-state index is 0. The second-order valence-electron chi connectivity index (χ2n) is 7.83. The monoisotopic (exact) mass is 490 g/mol. The van der Waals surface area contributed by atoms with Crippen molar-refractivity contribution in [2.45, 2.75) is 51.1 Å². The maximum atomic E-state index is 6.11. The lowest BCUT2D eigenvalue weighted by molar-refractivity contribution is 0.187. The van der Waals surface area contributed by atoms with E-state index in [4.69, 9.17) is 11.6 Å². The Bertz CT molecular complexity index is 599. The number of hydrogen-bond donors (Lipinski definition) is 2. The summed E-state index contributed by atoms with van der Waals surface area (Å²) in [5.41, 5.74) is 1.32. The zero-order valence-electron chi connectivity index (χ0n) is 16.0. The molecule has 0 spiro atoms. The highest BCUT2D eigenvalue weighted by Crippen LogP contribution is 2.41. The minimum Gasteiger partial charge on any atom is -0.354 e. The quantitative estimate of drug-likeness (QED) is 0.371. The first-order chi connectivity index (χ1) is 12.0. The van der Waals surface area contributed by atoms with Crippen LogP contribution in [0.15, 0.2) is 29.3 Å². The van der Waals surface area contributed by atoms with Gasteiger partial charge in [0.25, 0.3) is 0 Å². The molecular formula is C20H32ClIN4. The predicted molar refractivity (Wildman–Crippen MR) is 122 cm³/mol. The van der Waals surface area contributed by atoms with Gasteiger partial charge < -0.3 is 15.5 Å². The maximum absolute atomic E-state index is 6.11. The van der Waals surface area contributed by atoms with Gasteiger partial charge in [-0.05, 0) is 42.9 Å². The third-order valence-corrected chi connectivity index (χ3v) is 5.40. The van der Waals surface area contributed by atoms with Crippen LogP contribution in [0.3, 0.4) is 0 Å². The van der Waals surface area contributed by atoms with Gasteiger partial charge in [-0.3, -0.25) is 4.99 Å². The number of piperidine rings is 1. The molecule has 26 heavy (non-hydrogen) atoms. The summed E-state index contributed by atoms with van der Waals surface area (Å²) in [6, 6.07) is 9.20. The van der Waals surface area contributed by atoms with Crippen molar-refractivity contribution >= 4 is 41.5 Å². The van der Waals surface area contributed by atoms with Gasteiger partial charge in [-0.15, -0.1) is 24.0 Å². The van der Waals surface area contributed by atoms with Gasteiger partial charge >= 0.3 is 0 Å². The molecule has 6 heteroatoms. The Labute approximate surface area is 180 Å². The van der Waals surface area contributed by atoms with Gasteiger partial charge in [-0.1, -0.05) is 37.6 Å². The minimum absolute atomic E-state index is 0. The third-order valence-electron chi connectivity index (χ3n) is 5.16. The molecule has 1 aromatic carbocycles. The van der Waals surface area contributed by atoms with E-state index in [9.17, 15) is 0 Å². The molecule has 0 bridgehead atoms. The first-order valence-electron chi connectivity index (χ1n) is 9.53. The number of benzene rings is 1. The summed E-state index contributed by atoms with van der Waals surface area (Å²) < 4.78 is 0. The van der Waals surface area contributed by atoms with Crippen LogP contribution >= 0.6 is 35.6 Å². The summed E-state index contributed by atoms with van der Waals surface area (Å²) in [6.45, 7) is 8.16. The van der Waals surface area contributed by atoms with Gasteiger partial charge in [-0.25, -0.2) is 0 Å². The van der Waals surface area contributed by atoms with Crippen molar-refractivity contribution in [3.05, 3.63) is 34.9 Å². The van der Waals surface area contributed by atoms with Crippen LogP contribution in [0.1, 0.15) is 44.6 Å². The summed E-state index contributed by atoms with van der Waals surface area (Å²) in [5, 5.41) is 8.02. The molecule has 1 aliphatic heterocycles. The lowest BCUT2D eigenvalue weighted by atomic mass is 10.0. The average Bonchev–Trinajstić information content (AvgIpc) is 3.35. The smallest absolute Gasteiger partial charge is 0.191 e. The molecule has 2 fully saturated rings. The number of guanidine groups is 1. The van der Waals surface area contributed by atoms with E-state index < -0.39 is 0 Å². The molecule has 1 saturated carbocycles. The van der Waals surface area contributed by atoms with Crippen molar-refractivity contribution in [3.8, 4) is 0 Å². The third kappa shape index (κ3) is 6.27. The number of likely N-dealkylation sites (tertiary alicyclic amines) is 1. The zero-order chi connectivity index (χ0) is 17.8. The van der Waals surface area contributed by atoms with Crippen molar-refractivity contribution in [1.29, 1.82) is 0 Å². The Hall–Kier alpha value is -0.530. The number of nitrogens with zero attached hydrogens (tertiary/aromatic N) is 2. The van der Waals surface area contributed by atoms with Gasteiger partial charge in [0.15, 0.2) is 5.96 Å². The Morgan fingerprint density at radius 1 is 1.27 bits per heavy atom. The van der Waals surface area contributed by atoms with E-state index in [1.165, 1.54) is 38.0 Å². The first kappa shape index (κ1) is 21.8. The molecule has 2 atom stereocenters. The number of nitrogens with one attached hydrogen (secondary N) is 2. The average molecular weight is 491 g/mol. The van der Waals surface area contributed by atoms with Crippen LogP contribution in [0.25, 0.3) is 0 Å². The van der Waals surface area contributed by atoms with E-state index in [-0.39, 0.29) is 24.0 Å². The van der Waals surface area contributed by atoms with Crippen LogP contribution in [0.4, 0.5) is 0 Å². The Kier molecular flexibility index (Phi) is 8.48. The SMILES string of the molecule is CN=C(NC1CCN(CC(C)C)CC1)NC1CC1c1cccc(Cl)c1.I. The fraction of sp³-hybridized carbons (Fsp3) is 0.650. The second-order valence-corrected chi connectivity index (χ2v) is 8.27. The summed E-state index contributed by atoms with van der Waals surface area (Å²) in [4.78, 5) is 7.01. The van der Waals surface area contributed by atoms with Crippen LogP contribution in [0, 0.1) is 5.92 Å². The van der Waals surface area contributed by atoms with Gasteiger partial charge in [-0.2, -0.15) is 0 Å². The molecular weight excluding hydrogens is 459 g/mol. The molecule has 2 aliphatic rings. The van der Waals surface area contributed by atoms with Crippen molar-refractivity contribution in [2.75, 3.05) is 26.7 Å². The molecule has 2 N–H and O–H groups in total. The summed E-state index contributed by atoms with van der Waals surface area (Å²) in [7, 11) is 1.86. The van der Waals surface area contributed by atoms with E-state index in [0.29, 0.717) is 18.0 Å². The molecule has 4 nitrogen and oxygen atoms in total. The fourth-order valence-corrected chi connectivity index (χ4v) is 3.97. The lowest BCUT2D eigenvalue weighted by Crippen LogP contribution is -2.49. The molecule has 2 unspecified atom stereocenters. The van der Waals surface area contributed by atoms with E-state index in [2.05, 4.69) is 46.5 Å². The van der Waals surface area contributed by atoms with Gasteiger partial charge in [0.2, 0.25) is 0 Å². The number of rotatable bonds is 5. The summed E-state index contributed by atoms with van der Waals surface area (Å²) in [5.74, 6) is 2.24. The Balaban J connectivity index is 0.00000243. The molecule has 3 rings (SSSR count). The normalized spacial score (nSPS) is 24.3. The van der Waals surface area contributed by atoms with Crippen molar-refractivity contribution in [3.63, 3.8) is 0 Å². The number of aliphatic imine (C=N–C) groups is 1. The molecule has 1 aromatic rings. The molecule has 0 amide bonds. The fourth-order valence-electron chi connectivity index (χ4n) is 3.78. The molecule has 1 aliphatic carbocycles. The lowest BCUT2D eigenvalue weighted by Gasteiger charge is -2.34. The molecule has 146 valence electrons. The van der Waals surface area contributed by atoms with E-state index >= 15 is 0 Å². The molecule has 0 radical (unpaired) electrons. The maximum Gasteiger partial charge on any atom is 0.191 e. The van der Waals surface area contributed by atoms with Crippen molar-refractivity contribution in [2.24, 2.45) is 10.9 Å². The second kappa shape index (κ2) is 10.1. The zero-order valence-corrected chi connectivity index (χ0v) is 19.1. The largest absolute Gasteiger partial charge is 0.354 e. The van der Waals surface area contributed by atoms with Crippen molar-refractivity contribution < 1.29 is 0 Å². The predicted octanol–water partition coefficient (Wildman–Crippen LogP) is 4.10. The first-order valence-corrected chi connectivity index (χ1v) is 9.90. The van der Waals surface area contributed by atoms with E-state index in [1.54, 1.807) is 0 Å².